The third kappa shape index (κ3) is 4.85. The van der Waals surface area contributed by atoms with E-state index in [0.29, 0.717) is 36.5 Å². The number of fused-ring (bicyclic) bond motifs is 5. The lowest BCUT2D eigenvalue weighted by atomic mass is 9.67. The molecule has 1 aromatic carbocycles. The Morgan fingerprint density at radius 2 is 1.97 bits per heavy atom. The number of methoxy groups -OCH3 is 2. The number of nitrogens with one attached hydrogen (secondary N) is 1. The van der Waals surface area contributed by atoms with Crippen molar-refractivity contribution in [1.82, 2.24) is 4.98 Å². The summed E-state index contributed by atoms with van der Waals surface area (Å²) in [5.41, 5.74) is 3.92. The summed E-state index contributed by atoms with van der Waals surface area (Å²) in [4.78, 5) is 30.1. The smallest absolute Gasteiger partial charge is 0.387 e. The summed E-state index contributed by atoms with van der Waals surface area (Å²) >= 11 is 0. The van der Waals surface area contributed by atoms with Gasteiger partial charge in [-0.1, -0.05) is 20.8 Å². The largest absolute Gasteiger partial charge is 0.465 e. The molecule has 2 aromatic rings. The molecule has 1 aliphatic heterocycles. The molecule has 1 N–H and O–H groups in total. The maximum atomic E-state index is 13.5. The predicted octanol–water partition coefficient (Wildman–Crippen LogP) is 4.90. The van der Waals surface area contributed by atoms with Crippen LogP contribution in [0.3, 0.4) is 0 Å². The molecule has 1 aromatic heterocycles. The number of carbonyl (C=O) groups excluding carboxylic acids is 1. The normalized spacial score (nSPS) is 16.9. The first-order valence-corrected chi connectivity index (χ1v) is 12.3. The highest BCUT2D eigenvalue weighted by Gasteiger charge is 2.38. The lowest BCUT2D eigenvalue weighted by Gasteiger charge is -2.40. The van der Waals surface area contributed by atoms with Crippen LogP contribution in [0.2, 0.25) is 0 Å². The Morgan fingerprint density at radius 1 is 1.22 bits per heavy atom. The molecular formula is C27H34F2N2O5. The fourth-order valence-electron chi connectivity index (χ4n) is 5.57. The van der Waals surface area contributed by atoms with E-state index in [9.17, 15) is 18.4 Å². The zero-order valence-corrected chi connectivity index (χ0v) is 21.5. The Hall–Kier alpha value is -2.94. The third-order valence-electron chi connectivity index (χ3n) is 7.22. The van der Waals surface area contributed by atoms with Crippen molar-refractivity contribution in [2.24, 2.45) is 5.41 Å². The minimum absolute atomic E-state index is 0.0184. The van der Waals surface area contributed by atoms with Crippen LogP contribution in [0.4, 0.5) is 14.5 Å². The first kappa shape index (κ1) is 26.1. The number of halogens is 2. The number of hydrogen-bond acceptors (Lipinski definition) is 6. The summed E-state index contributed by atoms with van der Waals surface area (Å²) in [6, 6.07) is 3.23. The molecule has 1 aliphatic carbocycles. The lowest BCUT2D eigenvalue weighted by molar-refractivity contribution is -0.0495. The van der Waals surface area contributed by atoms with E-state index < -0.39 is 18.1 Å². The molecule has 0 amide bonds. The molecule has 2 aliphatic rings. The molecule has 196 valence electrons. The van der Waals surface area contributed by atoms with Gasteiger partial charge >= 0.3 is 12.6 Å². The number of aromatic amines is 1. The van der Waals surface area contributed by atoms with Crippen LogP contribution >= 0.6 is 0 Å². The molecule has 9 heteroatoms. The average molecular weight is 505 g/mol. The number of pyridine rings is 1. The topological polar surface area (TPSA) is 80.9 Å². The summed E-state index contributed by atoms with van der Waals surface area (Å²) in [6.07, 6.45) is 3.03. The van der Waals surface area contributed by atoms with Crippen molar-refractivity contribution in [1.29, 1.82) is 0 Å². The summed E-state index contributed by atoms with van der Waals surface area (Å²) in [5.74, 6) is -0.625. The van der Waals surface area contributed by atoms with Gasteiger partial charge in [-0.25, -0.2) is 4.79 Å². The summed E-state index contributed by atoms with van der Waals surface area (Å²) < 4.78 is 42.2. The Morgan fingerprint density at radius 3 is 2.61 bits per heavy atom. The standard InChI is InChI=1S/C27H34F2N2O5/c1-27(2,3)20-13-16-15-8-6-9-31(10-7-11-34-4)23(15)21(36-26(28)29)14-17(16)22-18(20)12-19(24(32)30-22)25(33)35-5/h12,14,20,26H,6-11,13H2,1-5H3,(H,30,32). The number of ether oxygens (including phenoxy) is 3. The van der Waals surface area contributed by atoms with Crippen LogP contribution in [0.1, 0.15) is 66.6 Å². The second-order valence-corrected chi connectivity index (χ2v) is 10.5. The molecule has 7 nitrogen and oxygen atoms in total. The Kier molecular flexibility index (Phi) is 7.41. The van der Waals surface area contributed by atoms with Crippen molar-refractivity contribution in [3.05, 3.63) is 44.7 Å². The van der Waals surface area contributed by atoms with E-state index in [2.05, 4.69) is 30.7 Å². The van der Waals surface area contributed by atoms with Gasteiger partial charge in [0.2, 0.25) is 0 Å². The van der Waals surface area contributed by atoms with Crippen molar-refractivity contribution in [2.75, 3.05) is 38.8 Å². The maximum absolute atomic E-state index is 13.5. The van der Waals surface area contributed by atoms with Crippen LogP contribution < -0.4 is 15.2 Å². The predicted molar refractivity (Wildman–Crippen MR) is 133 cm³/mol. The van der Waals surface area contributed by atoms with E-state index >= 15 is 0 Å². The Bertz CT molecular complexity index is 1200. The van der Waals surface area contributed by atoms with Crippen LogP contribution in [-0.4, -0.2) is 51.5 Å². The van der Waals surface area contributed by atoms with E-state index in [1.807, 2.05) is 0 Å². The molecule has 0 saturated carbocycles. The van der Waals surface area contributed by atoms with E-state index in [-0.39, 0.29) is 22.6 Å². The third-order valence-corrected chi connectivity index (χ3v) is 7.22. The highest BCUT2D eigenvalue weighted by molar-refractivity contribution is 5.90. The zero-order valence-electron chi connectivity index (χ0n) is 21.5. The van der Waals surface area contributed by atoms with Gasteiger partial charge in [0.15, 0.2) is 0 Å². The number of benzene rings is 1. The first-order valence-electron chi connectivity index (χ1n) is 12.3. The first-order chi connectivity index (χ1) is 17.1. The zero-order chi connectivity index (χ0) is 26.2. The number of nitrogens with zero attached hydrogens (tertiary/aromatic N) is 1. The van der Waals surface area contributed by atoms with Gasteiger partial charge in [0.25, 0.3) is 5.56 Å². The number of aromatic nitrogens is 1. The van der Waals surface area contributed by atoms with Gasteiger partial charge in [-0.2, -0.15) is 8.78 Å². The summed E-state index contributed by atoms with van der Waals surface area (Å²) in [6.45, 7) is 5.35. The highest BCUT2D eigenvalue weighted by Crippen LogP contribution is 2.52. The molecule has 36 heavy (non-hydrogen) atoms. The Balaban J connectivity index is 1.96. The molecule has 2 heterocycles. The molecule has 0 saturated heterocycles. The van der Waals surface area contributed by atoms with Crippen molar-refractivity contribution >= 4 is 11.7 Å². The van der Waals surface area contributed by atoms with Gasteiger partial charge in [-0.15, -0.1) is 0 Å². The van der Waals surface area contributed by atoms with Crippen molar-refractivity contribution in [3.63, 3.8) is 0 Å². The second kappa shape index (κ2) is 10.2. The van der Waals surface area contributed by atoms with E-state index in [4.69, 9.17) is 14.2 Å². The fourth-order valence-corrected chi connectivity index (χ4v) is 5.57. The minimum Gasteiger partial charge on any atom is -0.465 e. The van der Waals surface area contributed by atoms with Crippen molar-refractivity contribution in [2.45, 2.75) is 59.0 Å². The number of carbonyl (C=O) groups is 1. The molecule has 1 atom stereocenters. The lowest BCUT2D eigenvalue weighted by Crippen LogP contribution is -2.34. The van der Waals surface area contributed by atoms with E-state index in [1.165, 1.54) is 7.11 Å². The molecular weight excluding hydrogens is 470 g/mol. The van der Waals surface area contributed by atoms with Gasteiger partial charge in [-0.05, 0) is 65.8 Å². The number of hydrogen-bond donors (Lipinski definition) is 1. The average Bonchev–Trinajstić information content (AvgIpc) is 2.82. The molecule has 0 fully saturated rings. The Labute approximate surface area is 209 Å². The SMILES string of the molecule is COCCCN1CCCc2c3c(cc(OC(F)F)c21)-c1[nH]c(=O)c(C(=O)OC)cc1C(C(C)(C)C)C3. The van der Waals surface area contributed by atoms with Gasteiger partial charge in [0.1, 0.15) is 11.3 Å². The van der Waals surface area contributed by atoms with Crippen LogP contribution in [0.25, 0.3) is 11.3 Å². The van der Waals surface area contributed by atoms with Crippen molar-refractivity contribution in [3.8, 4) is 17.0 Å². The number of anilines is 1. The summed E-state index contributed by atoms with van der Waals surface area (Å²) in [5, 5.41) is 0. The van der Waals surface area contributed by atoms with Gasteiger partial charge < -0.3 is 24.1 Å². The fraction of sp³-hybridized carbons (Fsp3) is 0.556. The second-order valence-electron chi connectivity index (χ2n) is 10.5. The quantitative estimate of drug-likeness (QED) is 0.427. The molecule has 1 unspecified atom stereocenters. The van der Waals surface area contributed by atoms with Gasteiger partial charge in [0.05, 0.1) is 18.5 Å². The van der Waals surface area contributed by atoms with Crippen LogP contribution in [0.15, 0.2) is 16.9 Å². The summed E-state index contributed by atoms with van der Waals surface area (Å²) in [7, 11) is 2.87. The molecule has 4 rings (SSSR count). The van der Waals surface area contributed by atoms with Crippen LogP contribution in [0.5, 0.6) is 5.75 Å². The van der Waals surface area contributed by atoms with Crippen molar-refractivity contribution < 1.29 is 27.8 Å². The number of H-pyrrole nitrogens is 1. The number of rotatable bonds is 7. The van der Waals surface area contributed by atoms with Gasteiger partial charge in [-0.3, -0.25) is 4.79 Å². The van der Waals surface area contributed by atoms with Gasteiger partial charge in [0, 0.05) is 32.4 Å². The number of alkyl halides is 2. The van der Waals surface area contributed by atoms with E-state index in [1.54, 1.807) is 19.2 Å². The maximum Gasteiger partial charge on any atom is 0.387 e. The van der Waals surface area contributed by atoms with Crippen LogP contribution in [0, 0.1) is 5.41 Å². The van der Waals surface area contributed by atoms with Crippen LogP contribution in [-0.2, 0) is 22.3 Å². The monoisotopic (exact) mass is 504 g/mol. The van der Waals surface area contributed by atoms with E-state index in [0.717, 1.165) is 42.5 Å². The minimum atomic E-state index is -2.99. The molecule has 0 spiro atoms. The molecule has 0 radical (unpaired) electrons. The molecule has 0 bridgehead atoms. The number of esters is 1. The highest BCUT2D eigenvalue weighted by atomic mass is 19.3.